The van der Waals surface area contributed by atoms with Crippen molar-refractivity contribution in [2.24, 2.45) is 5.92 Å². The lowest BCUT2D eigenvalue weighted by molar-refractivity contribution is -0.178. The summed E-state index contributed by atoms with van der Waals surface area (Å²) < 4.78 is 16.3. The second kappa shape index (κ2) is 7.48. The average Bonchev–Trinajstić information content (AvgIpc) is 2.61. The van der Waals surface area contributed by atoms with Gasteiger partial charge in [0.15, 0.2) is 0 Å². The van der Waals surface area contributed by atoms with Crippen LogP contribution in [0.2, 0.25) is 0 Å². The molecule has 4 rings (SSSR count). The van der Waals surface area contributed by atoms with E-state index >= 15 is 0 Å². The Morgan fingerprint density at radius 1 is 1.16 bits per heavy atom. The highest BCUT2D eigenvalue weighted by molar-refractivity contribution is 5.77. The first-order chi connectivity index (χ1) is 12.2. The van der Waals surface area contributed by atoms with E-state index in [-0.39, 0.29) is 18.1 Å². The fourth-order valence-electron chi connectivity index (χ4n) is 5.09. The van der Waals surface area contributed by atoms with E-state index in [2.05, 4.69) is 9.80 Å². The van der Waals surface area contributed by atoms with Crippen molar-refractivity contribution < 1.29 is 19.0 Å². The van der Waals surface area contributed by atoms with Gasteiger partial charge in [-0.05, 0) is 18.8 Å². The average molecular weight is 353 g/mol. The zero-order valence-electron chi connectivity index (χ0n) is 15.3. The summed E-state index contributed by atoms with van der Waals surface area (Å²) in [5.41, 5.74) is 0.112. The molecule has 4 saturated heterocycles. The third-order valence-corrected chi connectivity index (χ3v) is 6.27. The molecule has 0 aromatic carbocycles. The number of rotatable bonds is 4. The van der Waals surface area contributed by atoms with E-state index in [1.54, 1.807) is 7.11 Å². The first-order valence-electron chi connectivity index (χ1n) is 9.61. The van der Waals surface area contributed by atoms with E-state index in [0.717, 1.165) is 65.1 Å². The lowest BCUT2D eigenvalue weighted by Gasteiger charge is -2.63. The summed E-state index contributed by atoms with van der Waals surface area (Å²) in [6.07, 6.45) is 2.37. The van der Waals surface area contributed by atoms with E-state index < -0.39 is 0 Å². The Bertz CT molecular complexity index is 477. The van der Waals surface area contributed by atoms with Crippen molar-refractivity contribution in [2.45, 2.75) is 24.4 Å². The van der Waals surface area contributed by atoms with Crippen LogP contribution in [0, 0.1) is 5.92 Å². The third kappa shape index (κ3) is 3.57. The number of morpholine rings is 1. The molecule has 0 aromatic rings. The molecular formula is C18H31N3O4. The van der Waals surface area contributed by atoms with E-state index in [4.69, 9.17) is 14.2 Å². The maximum Gasteiger partial charge on any atom is 0.248 e. The molecule has 0 radical (unpaired) electrons. The predicted octanol–water partition coefficient (Wildman–Crippen LogP) is -0.343. The molecule has 0 N–H and O–H groups in total. The number of piperazine rings is 1. The fourth-order valence-corrected chi connectivity index (χ4v) is 5.09. The minimum absolute atomic E-state index is 0.106. The van der Waals surface area contributed by atoms with E-state index in [9.17, 15) is 4.79 Å². The Kier molecular flexibility index (Phi) is 5.29. The summed E-state index contributed by atoms with van der Waals surface area (Å²) in [4.78, 5) is 19.6. The first kappa shape index (κ1) is 17.7. The highest BCUT2D eigenvalue weighted by Crippen LogP contribution is 2.36. The first-order valence-corrected chi connectivity index (χ1v) is 9.61. The molecule has 4 fully saturated rings. The number of hydrogen-bond acceptors (Lipinski definition) is 6. The number of methoxy groups -OCH3 is 1. The summed E-state index contributed by atoms with van der Waals surface area (Å²) in [5.74, 6) is 0.872. The van der Waals surface area contributed by atoms with Crippen molar-refractivity contribution in [3.8, 4) is 0 Å². The van der Waals surface area contributed by atoms with Crippen LogP contribution in [-0.2, 0) is 19.0 Å². The number of carbonyl (C=O) groups is 1. The van der Waals surface area contributed by atoms with Crippen LogP contribution in [0.5, 0.6) is 0 Å². The van der Waals surface area contributed by atoms with Crippen molar-refractivity contribution in [3.05, 3.63) is 0 Å². The van der Waals surface area contributed by atoms with Gasteiger partial charge in [0.2, 0.25) is 5.91 Å². The molecular weight excluding hydrogens is 322 g/mol. The van der Waals surface area contributed by atoms with Crippen molar-refractivity contribution >= 4 is 5.91 Å². The summed E-state index contributed by atoms with van der Waals surface area (Å²) in [6.45, 7) is 9.43. The van der Waals surface area contributed by atoms with Crippen LogP contribution in [0.3, 0.4) is 0 Å². The molecule has 1 amide bonds. The molecule has 0 aromatic heterocycles. The van der Waals surface area contributed by atoms with E-state index in [1.165, 1.54) is 19.4 Å². The van der Waals surface area contributed by atoms with Crippen LogP contribution < -0.4 is 0 Å². The monoisotopic (exact) mass is 353 g/mol. The lowest BCUT2D eigenvalue weighted by Crippen LogP contribution is -2.81. The molecule has 4 heterocycles. The molecule has 0 bridgehead atoms. The Balaban J connectivity index is 1.40. The van der Waals surface area contributed by atoms with Crippen LogP contribution in [0.25, 0.3) is 0 Å². The summed E-state index contributed by atoms with van der Waals surface area (Å²) in [7, 11) is 1.59. The highest BCUT2D eigenvalue weighted by Gasteiger charge is 2.54. The molecule has 142 valence electrons. The Hall–Kier alpha value is -0.730. The van der Waals surface area contributed by atoms with E-state index in [0.29, 0.717) is 6.04 Å². The minimum Gasteiger partial charge on any atom is -0.381 e. The Morgan fingerprint density at radius 2 is 1.96 bits per heavy atom. The largest absolute Gasteiger partial charge is 0.381 e. The van der Waals surface area contributed by atoms with Gasteiger partial charge in [0, 0.05) is 59.6 Å². The van der Waals surface area contributed by atoms with Gasteiger partial charge in [-0.15, -0.1) is 0 Å². The highest BCUT2D eigenvalue weighted by atomic mass is 16.5. The molecule has 4 aliphatic rings. The topological polar surface area (TPSA) is 54.5 Å². The number of hydrogen-bond donors (Lipinski definition) is 0. The van der Waals surface area contributed by atoms with E-state index in [1.807, 2.05) is 4.90 Å². The molecule has 0 saturated carbocycles. The van der Waals surface area contributed by atoms with Crippen LogP contribution in [0.15, 0.2) is 0 Å². The number of likely N-dealkylation sites (tertiary alicyclic amines) is 1. The third-order valence-electron chi connectivity index (χ3n) is 6.27. The molecule has 25 heavy (non-hydrogen) atoms. The van der Waals surface area contributed by atoms with Gasteiger partial charge in [0.05, 0.1) is 24.8 Å². The predicted molar refractivity (Wildman–Crippen MR) is 92.5 cm³/mol. The standard InChI is InChI=1S/C18H31N3O4/c1-23-11-17(22)20-9-16-10-25-7-4-21(16)18(14-20)12-19(13-18)8-15-2-5-24-6-3-15/h15-16H,2-14H2,1H3/t16-/m1/s1. The fraction of sp³-hybridized carbons (Fsp3) is 0.944. The van der Waals surface area contributed by atoms with Gasteiger partial charge in [-0.1, -0.05) is 0 Å². The minimum atomic E-state index is 0.106. The second-order valence-electron chi connectivity index (χ2n) is 8.08. The smallest absolute Gasteiger partial charge is 0.248 e. The van der Waals surface area contributed by atoms with Crippen molar-refractivity contribution in [1.82, 2.24) is 14.7 Å². The van der Waals surface area contributed by atoms with Gasteiger partial charge in [-0.25, -0.2) is 0 Å². The number of carbonyl (C=O) groups excluding carboxylic acids is 1. The molecule has 4 aliphatic heterocycles. The maximum atomic E-state index is 12.4. The second-order valence-corrected chi connectivity index (χ2v) is 8.08. The molecule has 1 spiro atoms. The van der Waals surface area contributed by atoms with Gasteiger partial charge in [-0.2, -0.15) is 0 Å². The summed E-state index contributed by atoms with van der Waals surface area (Å²) in [5, 5.41) is 0. The molecule has 1 atom stereocenters. The van der Waals surface area contributed by atoms with Gasteiger partial charge < -0.3 is 19.1 Å². The normalized spacial score (nSPS) is 30.9. The molecule has 7 nitrogen and oxygen atoms in total. The van der Waals surface area contributed by atoms with Crippen LogP contribution in [0.4, 0.5) is 0 Å². The SMILES string of the molecule is COCC(=O)N1C[C@@H]2COCCN2C2(CN(CC3CCOCC3)C2)C1. The van der Waals surface area contributed by atoms with Gasteiger partial charge >= 0.3 is 0 Å². The van der Waals surface area contributed by atoms with Gasteiger partial charge in [-0.3, -0.25) is 14.6 Å². The van der Waals surface area contributed by atoms with Gasteiger partial charge in [0.1, 0.15) is 6.61 Å². The molecule has 7 heteroatoms. The summed E-state index contributed by atoms with van der Waals surface area (Å²) in [6, 6.07) is 0.327. The van der Waals surface area contributed by atoms with Gasteiger partial charge in [0.25, 0.3) is 0 Å². The molecule has 0 unspecified atom stereocenters. The van der Waals surface area contributed by atoms with Crippen LogP contribution in [-0.4, -0.2) is 112 Å². The number of ether oxygens (including phenoxy) is 3. The number of amides is 1. The Morgan fingerprint density at radius 3 is 2.72 bits per heavy atom. The lowest BCUT2D eigenvalue weighted by atomic mass is 9.81. The van der Waals surface area contributed by atoms with Crippen LogP contribution in [0.1, 0.15) is 12.8 Å². The van der Waals surface area contributed by atoms with Crippen molar-refractivity contribution in [1.29, 1.82) is 0 Å². The summed E-state index contributed by atoms with van der Waals surface area (Å²) >= 11 is 0. The van der Waals surface area contributed by atoms with Crippen molar-refractivity contribution in [3.63, 3.8) is 0 Å². The number of nitrogens with zero attached hydrogens (tertiary/aromatic N) is 3. The van der Waals surface area contributed by atoms with Crippen molar-refractivity contribution in [2.75, 3.05) is 79.4 Å². The zero-order chi connectivity index (χ0) is 17.3. The number of fused-ring (bicyclic) bond motifs is 2. The maximum absolute atomic E-state index is 12.4. The zero-order valence-corrected chi connectivity index (χ0v) is 15.3. The van der Waals surface area contributed by atoms with Crippen LogP contribution >= 0.6 is 0 Å². The quantitative estimate of drug-likeness (QED) is 0.689. The Labute approximate surface area is 150 Å². The molecule has 0 aliphatic carbocycles.